The lowest BCUT2D eigenvalue weighted by Gasteiger charge is -2.30. The van der Waals surface area contributed by atoms with Gasteiger partial charge in [-0.3, -0.25) is 4.79 Å². The first kappa shape index (κ1) is 26.6. The molecule has 0 heterocycles. The molecule has 182 valence electrons. The lowest BCUT2D eigenvalue weighted by atomic mass is 9.83. The van der Waals surface area contributed by atoms with Gasteiger partial charge in [-0.1, -0.05) is 58.5 Å². The van der Waals surface area contributed by atoms with Gasteiger partial charge in [0, 0.05) is 0 Å². The molecule has 1 aliphatic rings. The zero-order valence-electron chi connectivity index (χ0n) is 18.3. The number of esters is 2. The summed E-state index contributed by atoms with van der Waals surface area (Å²) in [7, 11) is 1.26. The van der Waals surface area contributed by atoms with Gasteiger partial charge in [0.05, 0.1) is 38.3 Å². The molecule has 0 bridgehead atoms. The van der Waals surface area contributed by atoms with Gasteiger partial charge in [-0.15, -0.1) is 0 Å². The summed E-state index contributed by atoms with van der Waals surface area (Å²) in [5.41, 5.74) is 0.258. The molecule has 3 rings (SSSR count). The van der Waals surface area contributed by atoms with Gasteiger partial charge in [0.2, 0.25) is 0 Å². The van der Waals surface area contributed by atoms with Crippen LogP contribution in [0.25, 0.3) is 0 Å². The molecule has 1 fully saturated rings. The maximum absolute atomic E-state index is 12.8. The van der Waals surface area contributed by atoms with Crippen LogP contribution in [0.1, 0.15) is 52.8 Å². The molecule has 2 aromatic rings. The van der Waals surface area contributed by atoms with E-state index in [4.69, 9.17) is 55.9 Å². The molecule has 2 aromatic carbocycles. The predicted octanol–water partition coefficient (Wildman–Crippen LogP) is 6.38. The van der Waals surface area contributed by atoms with Crippen molar-refractivity contribution < 1.29 is 23.9 Å². The van der Waals surface area contributed by atoms with Crippen LogP contribution in [0.5, 0.6) is 0 Å². The number of carbonyl (C=O) groups excluding carboxylic acids is 3. The van der Waals surface area contributed by atoms with Gasteiger partial charge < -0.3 is 14.8 Å². The van der Waals surface area contributed by atoms with Crippen molar-refractivity contribution in [1.82, 2.24) is 5.32 Å². The van der Waals surface area contributed by atoms with E-state index in [-0.39, 0.29) is 43.2 Å². The fraction of sp³-hybridized carbons (Fsp3) is 0.375. The van der Waals surface area contributed by atoms with Gasteiger partial charge in [0.15, 0.2) is 0 Å². The summed E-state index contributed by atoms with van der Waals surface area (Å²) in [5.74, 6) is -1.55. The molecule has 34 heavy (non-hydrogen) atoms. The Morgan fingerprint density at radius 1 is 0.882 bits per heavy atom. The molecule has 1 aliphatic carbocycles. The molecule has 0 radical (unpaired) electrons. The second kappa shape index (κ2) is 12.1. The number of rotatable bonds is 7. The minimum atomic E-state index is -0.865. The van der Waals surface area contributed by atoms with Crippen LogP contribution >= 0.6 is 46.4 Å². The summed E-state index contributed by atoms with van der Waals surface area (Å²) in [6.45, 7) is 0. The highest BCUT2D eigenvalue weighted by molar-refractivity contribution is 6.40. The maximum Gasteiger partial charge on any atom is 0.341 e. The lowest BCUT2D eigenvalue weighted by Crippen LogP contribution is -2.43. The van der Waals surface area contributed by atoms with Crippen LogP contribution < -0.4 is 5.32 Å². The molecule has 10 heteroatoms. The summed E-state index contributed by atoms with van der Waals surface area (Å²) in [6.07, 6.45) is 2.70. The monoisotopic (exact) mass is 545 g/mol. The number of benzene rings is 2. The van der Waals surface area contributed by atoms with Crippen LogP contribution in [0.4, 0.5) is 0 Å². The quantitative estimate of drug-likeness (QED) is 0.407. The molecule has 0 spiro atoms. The molecular formula is C24H23Cl4NO5. The molecule has 1 amide bonds. The van der Waals surface area contributed by atoms with Gasteiger partial charge >= 0.3 is 11.9 Å². The second-order valence-corrected chi connectivity index (χ2v) is 9.66. The predicted molar refractivity (Wildman–Crippen MR) is 132 cm³/mol. The van der Waals surface area contributed by atoms with Gasteiger partial charge in [0.1, 0.15) is 12.1 Å². The Labute approximate surface area is 217 Å². The average Bonchev–Trinajstić information content (AvgIpc) is 2.79. The van der Waals surface area contributed by atoms with E-state index in [1.807, 2.05) is 0 Å². The van der Waals surface area contributed by atoms with E-state index in [0.29, 0.717) is 32.1 Å². The minimum absolute atomic E-state index is 0.105. The average molecular weight is 547 g/mol. The van der Waals surface area contributed by atoms with Crippen LogP contribution in [-0.4, -0.2) is 37.1 Å². The first-order valence-electron chi connectivity index (χ1n) is 10.7. The highest BCUT2D eigenvalue weighted by Crippen LogP contribution is 2.32. The maximum atomic E-state index is 12.8. The molecule has 0 aromatic heterocycles. The molecule has 0 aliphatic heterocycles. The molecule has 1 N–H and O–H groups in total. The van der Waals surface area contributed by atoms with Crippen LogP contribution in [-0.2, 0) is 14.3 Å². The SMILES string of the molecule is COC(=O)[C@H](CC1CCC(OC(=O)c2c(Cl)cccc2Cl)CC1)NC(=O)c1c(Cl)cccc1Cl. The van der Waals surface area contributed by atoms with Crippen molar-refractivity contribution in [3.63, 3.8) is 0 Å². The van der Waals surface area contributed by atoms with E-state index < -0.39 is 23.9 Å². The Morgan fingerprint density at radius 2 is 1.38 bits per heavy atom. The molecular weight excluding hydrogens is 524 g/mol. The number of methoxy groups -OCH3 is 1. The van der Waals surface area contributed by atoms with Crippen LogP contribution in [0.15, 0.2) is 36.4 Å². The standard InChI is InChI=1S/C24H23Cl4NO5/c1-33-23(31)19(29-22(30)20-15(25)4-2-5-16(20)26)12-13-8-10-14(11-9-13)34-24(32)21-17(27)6-3-7-18(21)28/h2-7,13-14,19H,8-12H2,1H3,(H,29,30)/t13?,14?,19-/m0/s1. The highest BCUT2D eigenvalue weighted by Gasteiger charge is 2.31. The zero-order valence-corrected chi connectivity index (χ0v) is 21.3. The number of nitrogens with one attached hydrogen (secondary N) is 1. The van der Waals surface area contributed by atoms with Gasteiger partial charge in [0.25, 0.3) is 5.91 Å². The minimum Gasteiger partial charge on any atom is -0.467 e. The van der Waals surface area contributed by atoms with Crippen molar-refractivity contribution in [1.29, 1.82) is 0 Å². The summed E-state index contributed by atoms with van der Waals surface area (Å²) < 4.78 is 10.5. The van der Waals surface area contributed by atoms with Crippen molar-refractivity contribution in [2.45, 2.75) is 44.2 Å². The van der Waals surface area contributed by atoms with E-state index >= 15 is 0 Å². The van der Waals surface area contributed by atoms with E-state index in [0.717, 1.165) is 0 Å². The fourth-order valence-corrected chi connectivity index (χ4v) is 5.14. The van der Waals surface area contributed by atoms with E-state index in [1.54, 1.807) is 36.4 Å². The van der Waals surface area contributed by atoms with Crippen molar-refractivity contribution in [2.24, 2.45) is 5.92 Å². The van der Waals surface area contributed by atoms with Gasteiger partial charge in [-0.25, -0.2) is 9.59 Å². The molecule has 1 saturated carbocycles. The van der Waals surface area contributed by atoms with Crippen LogP contribution in [0.2, 0.25) is 20.1 Å². The Morgan fingerprint density at radius 3 is 1.88 bits per heavy atom. The molecule has 0 unspecified atom stereocenters. The number of hydrogen-bond donors (Lipinski definition) is 1. The largest absolute Gasteiger partial charge is 0.467 e. The number of ether oxygens (including phenoxy) is 2. The van der Waals surface area contributed by atoms with Crippen molar-refractivity contribution in [2.75, 3.05) is 7.11 Å². The number of amides is 1. The number of carbonyl (C=O) groups is 3. The third kappa shape index (κ3) is 6.57. The summed E-state index contributed by atoms with van der Waals surface area (Å²) in [5, 5.41) is 3.55. The number of halogens is 4. The molecule has 1 atom stereocenters. The Balaban J connectivity index is 1.58. The van der Waals surface area contributed by atoms with Gasteiger partial charge in [-0.2, -0.15) is 0 Å². The third-order valence-corrected chi connectivity index (χ3v) is 7.04. The van der Waals surface area contributed by atoms with Crippen molar-refractivity contribution in [3.8, 4) is 0 Å². The van der Waals surface area contributed by atoms with E-state index in [9.17, 15) is 14.4 Å². The topological polar surface area (TPSA) is 81.7 Å². The van der Waals surface area contributed by atoms with E-state index in [2.05, 4.69) is 5.32 Å². The van der Waals surface area contributed by atoms with E-state index in [1.165, 1.54) is 7.11 Å². The van der Waals surface area contributed by atoms with Crippen molar-refractivity contribution in [3.05, 3.63) is 67.6 Å². The summed E-state index contributed by atoms with van der Waals surface area (Å²) >= 11 is 24.4. The fourth-order valence-electron chi connectivity index (χ4n) is 4.02. The second-order valence-electron chi connectivity index (χ2n) is 8.03. The van der Waals surface area contributed by atoms with Crippen molar-refractivity contribution >= 4 is 64.2 Å². The first-order chi connectivity index (χ1) is 16.2. The summed E-state index contributed by atoms with van der Waals surface area (Å²) in [4.78, 5) is 37.6. The Bertz CT molecular complexity index is 1030. The Kier molecular flexibility index (Phi) is 9.48. The lowest BCUT2D eigenvalue weighted by molar-refractivity contribution is -0.143. The molecule has 0 saturated heterocycles. The smallest absolute Gasteiger partial charge is 0.341 e. The van der Waals surface area contributed by atoms with Gasteiger partial charge in [-0.05, 0) is 62.3 Å². The van der Waals surface area contributed by atoms with Crippen LogP contribution in [0.3, 0.4) is 0 Å². The molecule has 6 nitrogen and oxygen atoms in total. The van der Waals surface area contributed by atoms with Crippen LogP contribution in [0, 0.1) is 5.92 Å². The summed E-state index contributed by atoms with van der Waals surface area (Å²) in [6, 6.07) is 8.68. The first-order valence-corrected chi connectivity index (χ1v) is 12.2. The normalized spacial score (nSPS) is 18.6. The third-order valence-electron chi connectivity index (χ3n) is 5.78. The highest BCUT2D eigenvalue weighted by atomic mass is 35.5. The Hall–Kier alpha value is -1.99. The number of hydrogen-bond acceptors (Lipinski definition) is 5. The zero-order chi connectivity index (χ0) is 24.8.